The van der Waals surface area contributed by atoms with Crippen molar-refractivity contribution in [1.29, 1.82) is 0 Å². The third-order valence-electron chi connectivity index (χ3n) is 1.60. The first-order valence-electron chi connectivity index (χ1n) is 3.89. The molecule has 0 aliphatic carbocycles. The highest BCUT2D eigenvalue weighted by Crippen LogP contribution is 2.04. The normalized spacial score (nSPS) is 10.0. The average molecular weight is 189 g/mol. The summed E-state index contributed by atoms with van der Waals surface area (Å²) in [6.07, 6.45) is 4.42. The van der Waals surface area contributed by atoms with Crippen molar-refractivity contribution in [3.8, 4) is 11.6 Å². The van der Waals surface area contributed by atoms with Crippen molar-refractivity contribution in [1.82, 2.24) is 19.9 Å². The highest BCUT2D eigenvalue weighted by Gasteiger charge is 2.03. The van der Waals surface area contributed by atoms with Gasteiger partial charge in [0.1, 0.15) is 5.69 Å². The lowest BCUT2D eigenvalue weighted by Crippen LogP contribution is -2.13. The van der Waals surface area contributed by atoms with E-state index in [1.807, 2.05) is 0 Å². The number of hydrogen-bond donors (Lipinski definition) is 2. The predicted octanol–water partition coefficient (Wildman–Crippen LogP) is -0.191. The van der Waals surface area contributed by atoms with Gasteiger partial charge in [-0.05, 0) is 6.07 Å². The molecule has 2 rings (SSSR count). The number of nitrogen functional groups attached to an aromatic ring is 1. The Balaban J connectivity index is 2.54. The average Bonchev–Trinajstić information content (AvgIpc) is 2.23. The Bertz CT molecular complexity index is 493. The highest BCUT2D eigenvalue weighted by atomic mass is 16.1. The van der Waals surface area contributed by atoms with Crippen LogP contribution < -0.4 is 11.3 Å². The SMILES string of the molecule is Nc1cnc(-c2ncccn2)[nH]c1=O. The summed E-state index contributed by atoms with van der Waals surface area (Å²) >= 11 is 0. The van der Waals surface area contributed by atoms with Crippen LogP contribution in [0.1, 0.15) is 0 Å². The maximum atomic E-state index is 11.1. The Morgan fingerprint density at radius 3 is 2.57 bits per heavy atom. The second kappa shape index (κ2) is 3.25. The zero-order chi connectivity index (χ0) is 9.97. The maximum Gasteiger partial charge on any atom is 0.274 e. The van der Waals surface area contributed by atoms with Gasteiger partial charge in [0.05, 0.1) is 6.20 Å². The summed E-state index contributed by atoms with van der Waals surface area (Å²) in [6.45, 7) is 0. The first-order valence-corrected chi connectivity index (χ1v) is 3.89. The van der Waals surface area contributed by atoms with Crippen LogP contribution in [0.2, 0.25) is 0 Å². The number of aromatic amines is 1. The van der Waals surface area contributed by atoms with Gasteiger partial charge in [0, 0.05) is 12.4 Å². The van der Waals surface area contributed by atoms with Gasteiger partial charge in [-0.25, -0.2) is 15.0 Å². The first-order chi connectivity index (χ1) is 6.77. The number of rotatable bonds is 1. The predicted molar refractivity (Wildman–Crippen MR) is 50.3 cm³/mol. The number of aromatic nitrogens is 4. The molecular weight excluding hydrogens is 182 g/mol. The van der Waals surface area contributed by atoms with Gasteiger partial charge in [-0.3, -0.25) is 4.79 Å². The van der Waals surface area contributed by atoms with Crippen LogP contribution in [0.4, 0.5) is 5.69 Å². The fourth-order valence-corrected chi connectivity index (χ4v) is 0.940. The smallest absolute Gasteiger partial charge is 0.274 e. The Hall–Kier alpha value is -2.24. The molecule has 6 nitrogen and oxygen atoms in total. The Kier molecular flexibility index (Phi) is 1.94. The molecule has 0 saturated heterocycles. The summed E-state index contributed by atoms with van der Waals surface area (Å²) in [7, 11) is 0. The van der Waals surface area contributed by atoms with Gasteiger partial charge in [-0.1, -0.05) is 0 Å². The number of nitrogens with zero attached hydrogens (tertiary/aromatic N) is 3. The third-order valence-corrected chi connectivity index (χ3v) is 1.60. The summed E-state index contributed by atoms with van der Waals surface area (Å²) in [6, 6.07) is 1.68. The van der Waals surface area contributed by atoms with Crippen LogP contribution in [-0.4, -0.2) is 19.9 Å². The number of anilines is 1. The maximum absolute atomic E-state index is 11.1. The largest absolute Gasteiger partial charge is 0.393 e. The molecule has 6 heteroatoms. The van der Waals surface area contributed by atoms with Gasteiger partial charge < -0.3 is 10.7 Å². The minimum atomic E-state index is -0.387. The lowest BCUT2D eigenvalue weighted by Gasteiger charge is -1.97. The van der Waals surface area contributed by atoms with E-state index in [1.165, 1.54) is 6.20 Å². The topological polar surface area (TPSA) is 97.5 Å². The van der Waals surface area contributed by atoms with Crippen molar-refractivity contribution in [2.75, 3.05) is 5.73 Å². The van der Waals surface area contributed by atoms with E-state index in [0.717, 1.165) is 0 Å². The van der Waals surface area contributed by atoms with E-state index < -0.39 is 0 Å². The van der Waals surface area contributed by atoms with E-state index >= 15 is 0 Å². The molecule has 0 bridgehead atoms. The Morgan fingerprint density at radius 2 is 1.93 bits per heavy atom. The van der Waals surface area contributed by atoms with Crippen LogP contribution >= 0.6 is 0 Å². The molecule has 70 valence electrons. The molecule has 0 amide bonds. The van der Waals surface area contributed by atoms with Crippen LogP contribution in [0.3, 0.4) is 0 Å². The van der Waals surface area contributed by atoms with Crippen molar-refractivity contribution in [3.63, 3.8) is 0 Å². The molecule has 2 aromatic rings. The molecule has 14 heavy (non-hydrogen) atoms. The minimum absolute atomic E-state index is 0.0738. The zero-order valence-corrected chi connectivity index (χ0v) is 7.14. The number of nitrogens with one attached hydrogen (secondary N) is 1. The zero-order valence-electron chi connectivity index (χ0n) is 7.14. The first kappa shape index (κ1) is 8.36. The molecule has 0 radical (unpaired) electrons. The molecular formula is C8H7N5O. The molecule has 0 fully saturated rings. The second-order valence-electron chi connectivity index (χ2n) is 2.59. The molecule has 0 unspecified atom stereocenters. The standard InChI is InChI=1S/C8H7N5O/c9-5-4-12-7(13-8(5)14)6-10-2-1-3-11-6/h1-4H,9H2,(H,12,13,14). The van der Waals surface area contributed by atoms with E-state index in [1.54, 1.807) is 18.5 Å². The van der Waals surface area contributed by atoms with E-state index in [0.29, 0.717) is 11.6 Å². The lowest BCUT2D eigenvalue weighted by atomic mass is 10.4. The van der Waals surface area contributed by atoms with Crippen LogP contribution in [-0.2, 0) is 0 Å². The fourth-order valence-electron chi connectivity index (χ4n) is 0.940. The van der Waals surface area contributed by atoms with Crippen molar-refractivity contribution in [2.45, 2.75) is 0 Å². The quantitative estimate of drug-likeness (QED) is 0.647. The van der Waals surface area contributed by atoms with Crippen LogP contribution in [0.25, 0.3) is 11.6 Å². The molecule has 2 heterocycles. The molecule has 0 saturated carbocycles. The van der Waals surface area contributed by atoms with Crippen molar-refractivity contribution in [3.05, 3.63) is 35.0 Å². The highest BCUT2D eigenvalue weighted by molar-refractivity contribution is 5.44. The number of H-pyrrole nitrogens is 1. The monoisotopic (exact) mass is 189 g/mol. The van der Waals surface area contributed by atoms with Gasteiger partial charge in [0.25, 0.3) is 5.56 Å². The second-order valence-corrected chi connectivity index (χ2v) is 2.59. The van der Waals surface area contributed by atoms with Crippen LogP contribution in [0, 0.1) is 0 Å². The number of nitrogens with two attached hydrogens (primary N) is 1. The fraction of sp³-hybridized carbons (Fsp3) is 0. The molecule has 3 N–H and O–H groups in total. The molecule has 2 aromatic heterocycles. The van der Waals surface area contributed by atoms with Gasteiger partial charge in [-0.2, -0.15) is 0 Å². The third kappa shape index (κ3) is 1.45. The van der Waals surface area contributed by atoms with Gasteiger partial charge in [0.2, 0.25) is 0 Å². The Labute approximate surface area is 78.9 Å². The van der Waals surface area contributed by atoms with Crippen LogP contribution in [0.5, 0.6) is 0 Å². The summed E-state index contributed by atoms with van der Waals surface area (Å²) in [5.41, 5.74) is 5.01. The lowest BCUT2D eigenvalue weighted by molar-refractivity contribution is 1.06. The summed E-state index contributed by atoms with van der Waals surface area (Å²) in [5, 5.41) is 0. The molecule has 0 aromatic carbocycles. The molecule has 0 aliphatic rings. The Morgan fingerprint density at radius 1 is 1.21 bits per heavy atom. The summed E-state index contributed by atoms with van der Waals surface area (Å²) < 4.78 is 0. The molecule has 0 spiro atoms. The van der Waals surface area contributed by atoms with Crippen molar-refractivity contribution in [2.24, 2.45) is 0 Å². The van der Waals surface area contributed by atoms with E-state index in [9.17, 15) is 4.79 Å². The van der Waals surface area contributed by atoms with Crippen molar-refractivity contribution < 1.29 is 0 Å². The van der Waals surface area contributed by atoms with E-state index in [-0.39, 0.29) is 11.2 Å². The van der Waals surface area contributed by atoms with Crippen LogP contribution in [0.15, 0.2) is 29.5 Å². The summed E-state index contributed by atoms with van der Waals surface area (Å²) in [4.78, 5) is 25.4. The molecule has 0 aliphatic heterocycles. The summed E-state index contributed by atoms with van der Waals surface area (Å²) in [5.74, 6) is 0.675. The van der Waals surface area contributed by atoms with Crippen molar-refractivity contribution >= 4 is 5.69 Å². The van der Waals surface area contributed by atoms with Gasteiger partial charge in [-0.15, -0.1) is 0 Å². The minimum Gasteiger partial charge on any atom is -0.393 e. The van der Waals surface area contributed by atoms with Gasteiger partial charge in [0.15, 0.2) is 11.6 Å². The molecule has 0 atom stereocenters. The van der Waals surface area contributed by atoms with Gasteiger partial charge >= 0.3 is 0 Å². The number of hydrogen-bond acceptors (Lipinski definition) is 5. The van der Waals surface area contributed by atoms with E-state index in [4.69, 9.17) is 5.73 Å². The van der Waals surface area contributed by atoms with E-state index in [2.05, 4.69) is 19.9 Å².